The molecular formula is C17H21NO2. The fraction of sp³-hybridized carbons (Fsp3) is 0.353. The van der Waals surface area contributed by atoms with Gasteiger partial charge < -0.3 is 15.6 Å². The molecule has 1 aliphatic rings. The Morgan fingerprint density at radius 3 is 2.35 bits per heavy atom. The van der Waals surface area contributed by atoms with Crippen molar-refractivity contribution in [3.63, 3.8) is 0 Å². The van der Waals surface area contributed by atoms with Crippen LogP contribution in [0.5, 0.6) is 0 Å². The lowest BCUT2D eigenvalue weighted by Gasteiger charge is -2.07. The number of carboxylic acid groups (broad SMARTS) is 1. The van der Waals surface area contributed by atoms with Crippen LogP contribution in [-0.2, 0) is 11.3 Å². The monoisotopic (exact) mass is 271 g/mol. The summed E-state index contributed by atoms with van der Waals surface area (Å²) in [5, 5.41) is 12.7. The maximum atomic E-state index is 10.1. The molecule has 0 heterocycles. The zero-order valence-electron chi connectivity index (χ0n) is 11.7. The van der Waals surface area contributed by atoms with E-state index in [-0.39, 0.29) is 5.92 Å². The Morgan fingerprint density at radius 1 is 1.10 bits per heavy atom. The van der Waals surface area contributed by atoms with Crippen molar-refractivity contribution in [2.45, 2.75) is 32.2 Å². The van der Waals surface area contributed by atoms with Crippen LogP contribution in [0.15, 0.2) is 42.5 Å². The fourth-order valence-corrected chi connectivity index (χ4v) is 2.67. The van der Waals surface area contributed by atoms with Crippen LogP contribution < -0.4 is 10.8 Å². The van der Waals surface area contributed by atoms with Gasteiger partial charge in [0.15, 0.2) is 0 Å². The van der Waals surface area contributed by atoms with Crippen molar-refractivity contribution in [3.8, 4) is 0 Å². The molecule has 0 radical (unpaired) electrons. The molecule has 20 heavy (non-hydrogen) atoms. The summed E-state index contributed by atoms with van der Waals surface area (Å²) in [6.07, 6.45) is 3.81. The van der Waals surface area contributed by atoms with E-state index in [4.69, 9.17) is 0 Å². The molecule has 0 atom stereocenters. The first kappa shape index (κ1) is 14.5. The van der Waals surface area contributed by atoms with Gasteiger partial charge in [0.25, 0.3) is 0 Å². The summed E-state index contributed by atoms with van der Waals surface area (Å²) in [6.45, 7) is 0.862. The molecule has 3 rings (SSSR count). The molecule has 106 valence electrons. The average molecular weight is 271 g/mol. The Kier molecular flexibility index (Phi) is 5.13. The Hall–Kier alpha value is -1.87. The van der Waals surface area contributed by atoms with Crippen molar-refractivity contribution in [1.29, 1.82) is 0 Å². The first-order chi connectivity index (χ1) is 9.72. The van der Waals surface area contributed by atoms with E-state index in [1.54, 1.807) is 0 Å². The van der Waals surface area contributed by atoms with Gasteiger partial charge in [-0.25, -0.2) is 0 Å². The average Bonchev–Trinajstić information content (AvgIpc) is 3.02. The molecular weight excluding hydrogens is 250 g/mol. The molecule has 2 aromatic rings. The smallest absolute Gasteiger partial charge is 0.100 e. The zero-order valence-corrected chi connectivity index (χ0v) is 11.7. The summed E-state index contributed by atoms with van der Waals surface area (Å²) < 4.78 is 0. The van der Waals surface area contributed by atoms with Gasteiger partial charge in [0.1, 0.15) is 6.54 Å². The molecule has 0 aliphatic heterocycles. The minimum atomic E-state index is -0.859. The van der Waals surface area contributed by atoms with Crippen molar-refractivity contribution in [2.24, 2.45) is 5.92 Å². The van der Waals surface area contributed by atoms with Crippen LogP contribution >= 0.6 is 0 Å². The van der Waals surface area contributed by atoms with Crippen molar-refractivity contribution < 1.29 is 15.6 Å². The van der Waals surface area contributed by atoms with Crippen molar-refractivity contribution >= 4 is 16.7 Å². The van der Waals surface area contributed by atoms with E-state index in [0.29, 0.717) is 0 Å². The standard InChI is InChI=1S/C11H11N.C6H10O2/c12-8-10-6-3-5-9-4-1-2-7-11(9)10;7-6(8)5-3-1-2-4-5/h1-7H,8,12H2;5H,1-4H2,(H,7,8). The number of carboxylic acids is 1. The SMILES string of the molecule is O=C([O-])C1CCCC1.[NH3+]Cc1cccc2ccccc12. The first-order valence-electron chi connectivity index (χ1n) is 7.19. The van der Waals surface area contributed by atoms with Gasteiger partial charge in [0.2, 0.25) is 0 Å². The second kappa shape index (κ2) is 7.06. The van der Waals surface area contributed by atoms with Crippen LogP contribution in [0.2, 0.25) is 0 Å². The third-order valence-electron chi connectivity index (χ3n) is 3.84. The summed E-state index contributed by atoms with van der Waals surface area (Å²) in [6, 6.07) is 14.8. The van der Waals surface area contributed by atoms with E-state index in [0.717, 1.165) is 32.2 Å². The molecule has 0 saturated heterocycles. The van der Waals surface area contributed by atoms with E-state index in [1.165, 1.54) is 16.3 Å². The second-order valence-electron chi connectivity index (χ2n) is 5.19. The number of fused-ring (bicyclic) bond motifs is 1. The van der Waals surface area contributed by atoms with Crippen LogP contribution in [0.1, 0.15) is 31.2 Å². The molecule has 1 fully saturated rings. The minimum absolute atomic E-state index is 0.130. The molecule has 0 spiro atoms. The minimum Gasteiger partial charge on any atom is -0.550 e. The Balaban J connectivity index is 0.000000160. The van der Waals surface area contributed by atoms with E-state index < -0.39 is 5.97 Å². The molecule has 1 saturated carbocycles. The lowest BCUT2D eigenvalue weighted by atomic mass is 10.1. The molecule has 0 bridgehead atoms. The quantitative estimate of drug-likeness (QED) is 0.899. The van der Waals surface area contributed by atoms with Gasteiger partial charge in [-0.1, -0.05) is 55.3 Å². The van der Waals surface area contributed by atoms with E-state index in [2.05, 4.69) is 48.2 Å². The largest absolute Gasteiger partial charge is 0.550 e. The zero-order chi connectivity index (χ0) is 14.4. The maximum absolute atomic E-state index is 10.1. The molecule has 0 unspecified atom stereocenters. The molecule has 0 aromatic heterocycles. The van der Waals surface area contributed by atoms with Crippen LogP contribution in [0.3, 0.4) is 0 Å². The second-order valence-corrected chi connectivity index (χ2v) is 5.19. The topological polar surface area (TPSA) is 67.8 Å². The van der Waals surface area contributed by atoms with Crippen LogP contribution in [0.25, 0.3) is 10.8 Å². The predicted molar refractivity (Wildman–Crippen MR) is 77.5 cm³/mol. The summed E-state index contributed by atoms with van der Waals surface area (Å²) in [5.74, 6) is -0.988. The van der Waals surface area contributed by atoms with E-state index in [9.17, 15) is 9.90 Å². The summed E-state index contributed by atoms with van der Waals surface area (Å²) in [7, 11) is 0. The van der Waals surface area contributed by atoms with Gasteiger partial charge in [0, 0.05) is 11.5 Å². The lowest BCUT2D eigenvalue weighted by Crippen LogP contribution is -2.47. The highest BCUT2D eigenvalue weighted by Crippen LogP contribution is 2.23. The highest BCUT2D eigenvalue weighted by Gasteiger charge is 2.14. The highest BCUT2D eigenvalue weighted by molar-refractivity contribution is 5.85. The molecule has 2 aromatic carbocycles. The summed E-state index contributed by atoms with van der Waals surface area (Å²) >= 11 is 0. The third-order valence-corrected chi connectivity index (χ3v) is 3.84. The van der Waals surface area contributed by atoms with Crippen LogP contribution in [0, 0.1) is 5.92 Å². The van der Waals surface area contributed by atoms with E-state index >= 15 is 0 Å². The predicted octanol–water partition coefficient (Wildman–Crippen LogP) is 1.51. The van der Waals surface area contributed by atoms with Crippen molar-refractivity contribution in [1.82, 2.24) is 0 Å². The van der Waals surface area contributed by atoms with Crippen molar-refractivity contribution in [2.75, 3.05) is 0 Å². The van der Waals surface area contributed by atoms with Gasteiger partial charge in [-0.15, -0.1) is 0 Å². The highest BCUT2D eigenvalue weighted by atomic mass is 16.4. The van der Waals surface area contributed by atoms with Gasteiger partial charge in [-0.05, 0) is 29.5 Å². The summed E-state index contributed by atoms with van der Waals surface area (Å²) in [5.41, 5.74) is 5.23. The normalized spacial score (nSPS) is 14.8. The number of hydrogen-bond donors (Lipinski definition) is 1. The van der Waals surface area contributed by atoms with Crippen LogP contribution in [0.4, 0.5) is 0 Å². The first-order valence-corrected chi connectivity index (χ1v) is 7.19. The number of benzene rings is 2. The van der Waals surface area contributed by atoms with Crippen LogP contribution in [-0.4, -0.2) is 5.97 Å². The third kappa shape index (κ3) is 3.58. The van der Waals surface area contributed by atoms with E-state index in [1.807, 2.05) is 0 Å². The lowest BCUT2D eigenvalue weighted by molar-refractivity contribution is -0.386. The van der Waals surface area contributed by atoms with Gasteiger partial charge in [-0.2, -0.15) is 0 Å². The van der Waals surface area contributed by atoms with Crippen molar-refractivity contribution in [3.05, 3.63) is 48.0 Å². The Morgan fingerprint density at radius 2 is 1.75 bits per heavy atom. The fourth-order valence-electron chi connectivity index (χ4n) is 2.67. The number of carbonyl (C=O) groups excluding carboxylic acids is 1. The number of quaternary nitrogens is 1. The van der Waals surface area contributed by atoms with Gasteiger partial charge in [-0.3, -0.25) is 0 Å². The number of hydrogen-bond acceptors (Lipinski definition) is 2. The Bertz CT molecular complexity index is 569. The Labute approximate surface area is 119 Å². The number of carbonyl (C=O) groups is 1. The molecule has 3 heteroatoms. The van der Waals surface area contributed by atoms with Gasteiger partial charge in [0.05, 0.1) is 0 Å². The summed E-state index contributed by atoms with van der Waals surface area (Å²) in [4.78, 5) is 10.1. The number of rotatable bonds is 2. The molecule has 3 N–H and O–H groups in total. The number of aliphatic carboxylic acids is 1. The molecule has 1 aliphatic carbocycles. The molecule has 3 nitrogen and oxygen atoms in total. The molecule has 0 amide bonds. The maximum Gasteiger partial charge on any atom is 0.100 e. The van der Waals surface area contributed by atoms with Gasteiger partial charge >= 0.3 is 0 Å².